The quantitative estimate of drug-likeness (QED) is 0.446. The monoisotopic (exact) mass is 450 g/mol. The SMILES string of the molecule is CCOCCOc1cc([C@@H](O)C#Cc2ccc(C(=O)O)cc2)cc2c1C(C)(C)CCC2(C)C. The van der Waals surface area contributed by atoms with Crippen molar-refractivity contribution in [1.82, 2.24) is 0 Å². The van der Waals surface area contributed by atoms with Crippen molar-refractivity contribution in [2.75, 3.05) is 19.8 Å². The zero-order chi connectivity index (χ0) is 24.2. The Morgan fingerprint density at radius 2 is 1.73 bits per heavy atom. The van der Waals surface area contributed by atoms with Crippen molar-refractivity contribution in [3.8, 4) is 17.6 Å². The fourth-order valence-electron chi connectivity index (χ4n) is 4.31. The molecule has 2 aromatic carbocycles. The lowest BCUT2D eigenvalue weighted by Gasteiger charge is -2.43. The van der Waals surface area contributed by atoms with E-state index < -0.39 is 12.1 Å². The molecule has 0 bridgehead atoms. The van der Waals surface area contributed by atoms with Gasteiger partial charge in [0.15, 0.2) is 0 Å². The van der Waals surface area contributed by atoms with E-state index >= 15 is 0 Å². The molecule has 5 heteroatoms. The molecule has 1 aliphatic rings. The fourth-order valence-corrected chi connectivity index (χ4v) is 4.31. The number of hydrogen-bond acceptors (Lipinski definition) is 4. The molecule has 0 spiro atoms. The van der Waals surface area contributed by atoms with Crippen LogP contribution in [0.15, 0.2) is 36.4 Å². The molecule has 0 saturated heterocycles. The summed E-state index contributed by atoms with van der Waals surface area (Å²) in [5, 5.41) is 20.0. The van der Waals surface area contributed by atoms with Gasteiger partial charge in [-0.1, -0.05) is 45.6 Å². The Morgan fingerprint density at radius 3 is 2.36 bits per heavy atom. The highest BCUT2D eigenvalue weighted by atomic mass is 16.5. The van der Waals surface area contributed by atoms with E-state index in [2.05, 4.69) is 45.6 Å². The predicted octanol–water partition coefficient (Wildman–Crippen LogP) is 5.23. The van der Waals surface area contributed by atoms with Crippen molar-refractivity contribution in [2.45, 2.75) is 64.4 Å². The molecular weight excluding hydrogens is 416 g/mol. The van der Waals surface area contributed by atoms with Crippen LogP contribution < -0.4 is 4.74 Å². The van der Waals surface area contributed by atoms with Crippen molar-refractivity contribution in [2.24, 2.45) is 0 Å². The minimum absolute atomic E-state index is 0.0349. The zero-order valence-electron chi connectivity index (χ0n) is 20.2. The molecule has 0 aromatic heterocycles. The number of carboxylic acid groups (broad SMARTS) is 1. The van der Waals surface area contributed by atoms with Gasteiger partial charge in [-0.05, 0) is 72.1 Å². The summed E-state index contributed by atoms with van der Waals surface area (Å²) in [6.07, 6.45) is 1.11. The Labute approximate surface area is 196 Å². The van der Waals surface area contributed by atoms with Crippen LogP contribution in [0.2, 0.25) is 0 Å². The van der Waals surface area contributed by atoms with Crippen LogP contribution in [-0.2, 0) is 15.6 Å². The minimum atomic E-state index is -0.996. The van der Waals surface area contributed by atoms with Gasteiger partial charge in [-0.15, -0.1) is 0 Å². The molecule has 0 saturated carbocycles. The summed E-state index contributed by atoms with van der Waals surface area (Å²) in [7, 11) is 0. The predicted molar refractivity (Wildman–Crippen MR) is 129 cm³/mol. The van der Waals surface area contributed by atoms with Gasteiger partial charge in [0.1, 0.15) is 18.5 Å². The standard InChI is InChI=1S/C28H34O5/c1-6-32-15-16-33-24-18-21(17-22-25(24)28(4,5)14-13-27(22,2)3)23(29)12-9-19-7-10-20(11-8-19)26(30)31/h7-8,10-11,17-18,23,29H,6,13-16H2,1-5H3,(H,30,31)/t23-/m0/s1. The van der Waals surface area contributed by atoms with Crippen molar-refractivity contribution in [3.05, 3.63) is 64.2 Å². The lowest BCUT2D eigenvalue weighted by molar-refractivity contribution is 0.0697. The normalized spacial score (nSPS) is 16.8. The van der Waals surface area contributed by atoms with Gasteiger partial charge in [-0.2, -0.15) is 0 Å². The third kappa shape index (κ3) is 5.76. The molecule has 0 radical (unpaired) electrons. The summed E-state index contributed by atoms with van der Waals surface area (Å²) in [4.78, 5) is 11.0. The van der Waals surface area contributed by atoms with Crippen LogP contribution >= 0.6 is 0 Å². The maximum absolute atomic E-state index is 11.0. The molecule has 0 unspecified atom stereocenters. The second-order valence-electron chi connectivity index (χ2n) is 9.81. The summed E-state index contributed by atoms with van der Waals surface area (Å²) in [5.74, 6) is 5.66. The largest absolute Gasteiger partial charge is 0.491 e. The molecule has 0 fully saturated rings. The van der Waals surface area contributed by atoms with Crippen LogP contribution in [0, 0.1) is 11.8 Å². The number of aliphatic hydroxyl groups is 1. The van der Waals surface area contributed by atoms with Crippen molar-refractivity contribution in [3.63, 3.8) is 0 Å². The van der Waals surface area contributed by atoms with E-state index in [9.17, 15) is 9.90 Å². The van der Waals surface area contributed by atoms with Crippen molar-refractivity contribution < 1.29 is 24.5 Å². The van der Waals surface area contributed by atoms with Crippen LogP contribution in [0.4, 0.5) is 0 Å². The fraction of sp³-hybridized carbons (Fsp3) is 0.464. The number of aromatic carboxylic acids is 1. The topological polar surface area (TPSA) is 76.0 Å². The number of fused-ring (bicyclic) bond motifs is 1. The van der Waals surface area contributed by atoms with Crippen LogP contribution in [0.1, 0.15) is 86.2 Å². The van der Waals surface area contributed by atoms with E-state index in [1.807, 2.05) is 13.0 Å². The van der Waals surface area contributed by atoms with E-state index in [0.29, 0.717) is 30.9 Å². The molecule has 3 rings (SSSR count). The average Bonchev–Trinajstić information content (AvgIpc) is 2.78. The molecule has 0 aliphatic heterocycles. The summed E-state index contributed by atoms with van der Waals surface area (Å²) in [6, 6.07) is 10.3. The Kier molecular flexibility index (Phi) is 7.51. The highest BCUT2D eigenvalue weighted by Crippen LogP contribution is 2.50. The summed E-state index contributed by atoms with van der Waals surface area (Å²) in [5.41, 5.74) is 3.85. The first-order chi connectivity index (χ1) is 15.5. The van der Waals surface area contributed by atoms with Crippen molar-refractivity contribution in [1.29, 1.82) is 0 Å². The molecule has 1 atom stereocenters. The number of aliphatic hydroxyl groups excluding tert-OH is 1. The lowest BCUT2D eigenvalue weighted by Crippen LogP contribution is -2.34. The minimum Gasteiger partial charge on any atom is -0.491 e. The average molecular weight is 451 g/mol. The number of carbonyl (C=O) groups is 1. The zero-order valence-corrected chi connectivity index (χ0v) is 20.2. The Hall–Kier alpha value is -2.81. The third-order valence-corrected chi connectivity index (χ3v) is 6.40. The van der Waals surface area contributed by atoms with E-state index in [0.717, 1.165) is 18.6 Å². The van der Waals surface area contributed by atoms with Crippen LogP contribution in [0.5, 0.6) is 5.75 Å². The molecule has 176 valence electrons. The molecule has 0 amide bonds. The molecule has 0 heterocycles. The number of rotatable bonds is 7. The molecule has 5 nitrogen and oxygen atoms in total. The summed E-state index contributed by atoms with van der Waals surface area (Å²) >= 11 is 0. The van der Waals surface area contributed by atoms with E-state index in [-0.39, 0.29) is 16.4 Å². The van der Waals surface area contributed by atoms with Crippen LogP contribution in [-0.4, -0.2) is 36.0 Å². The molecular formula is C28H34O5. The van der Waals surface area contributed by atoms with Gasteiger partial charge in [-0.3, -0.25) is 0 Å². The molecule has 1 aliphatic carbocycles. The molecule has 2 aromatic rings. The molecule has 33 heavy (non-hydrogen) atoms. The van der Waals surface area contributed by atoms with Crippen LogP contribution in [0.25, 0.3) is 0 Å². The van der Waals surface area contributed by atoms with Gasteiger partial charge < -0.3 is 19.7 Å². The van der Waals surface area contributed by atoms with Gasteiger partial charge in [-0.25, -0.2) is 4.79 Å². The van der Waals surface area contributed by atoms with Gasteiger partial charge in [0.05, 0.1) is 12.2 Å². The molecule has 2 N–H and O–H groups in total. The summed E-state index contributed by atoms with van der Waals surface area (Å²) < 4.78 is 11.6. The second-order valence-corrected chi connectivity index (χ2v) is 9.81. The third-order valence-electron chi connectivity index (χ3n) is 6.40. The Balaban J connectivity index is 1.97. The number of benzene rings is 2. The van der Waals surface area contributed by atoms with Gasteiger partial charge in [0.25, 0.3) is 0 Å². The van der Waals surface area contributed by atoms with Gasteiger partial charge >= 0.3 is 5.97 Å². The van der Waals surface area contributed by atoms with Crippen molar-refractivity contribution >= 4 is 5.97 Å². The second kappa shape index (κ2) is 9.99. The number of hydrogen-bond donors (Lipinski definition) is 2. The first kappa shape index (κ1) is 24.8. The van der Waals surface area contributed by atoms with Gasteiger partial charge in [0, 0.05) is 17.7 Å². The van der Waals surface area contributed by atoms with E-state index in [1.165, 1.54) is 23.3 Å². The first-order valence-corrected chi connectivity index (χ1v) is 11.5. The Bertz CT molecular complexity index is 1050. The maximum Gasteiger partial charge on any atom is 0.335 e. The summed E-state index contributed by atoms with van der Waals surface area (Å²) in [6.45, 7) is 12.5. The number of carboxylic acids is 1. The first-order valence-electron chi connectivity index (χ1n) is 11.5. The highest BCUT2D eigenvalue weighted by molar-refractivity contribution is 5.87. The highest BCUT2D eigenvalue weighted by Gasteiger charge is 2.40. The van der Waals surface area contributed by atoms with E-state index in [4.69, 9.17) is 14.6 Å². The van der Waals surface area contributed by atoms with Gasteiger partial charge in [0.2, 0.25) is 0 Å². The maximum atomic E-state index is 11.0. The van der Waals surface area contributed by atoms with Crippen LogP contribution in [0.3, 0.4) is 0 Å². The lowest BCUT2D eigenvalue weighted by atomic mass is 9.62. The number of ether oxygens (including phenoxy) is 2. The Morgan fingerprint density at radius 1 is 1.06 bits per heavy atom. The van der Waals surface area contributed by atoms with E-state index in [1.54, 1.807) is 12.1 Å². The smallest absolute Gasteiger partial charge is 0.335 e.